The van der Waals surface area contributed by atoms with Gasteiger partial charge in [-0.05, 0) is 43.5 Å². The second-order valence-electron chi connectivity index (χ2n) is 9.27. The Morgan fingerprint density at radius 1 is 1.00 bits per heavy atom. The van der Waals surface area contributed by atoms with Crippen molar-refractivity contribution < 1.29 is 14.7 Å². The van der Waals surface area contributed by atoms with Crippen LogP contribution in [0.5, 0.6) is 0 Å². The number of fused-ring (bicyclic) bond motifs is 1. The zero-order valence-corrected chi connectivity index (χ0v) is 20.3. The zero-order chi connectivity index (χ0) is 25.0. The molecule has 2 atom stereocenters. The Bertz CT molecular complexity index is 1310. The molecule has 0 bridgehead atoms. The van der Waals surface area contributed by atoms with Gasteiger partial charge < -0.3 is 15.4 Å². The molecule has 4 rings (SSSR count). The van der Waals surface area contributed by atoms with E-state index in [0.717, 1.165) is 33.2 Å². The Hall–Kier alpha value is -4.06. The van der Waals surface area contributed by atoms with Crippen LogP contribution >= 0.6 is 0 Å². The maximum absolute atomic E-state index is 13.9. The predicted molar refractivity (Wildman–Crippen MR) is 138 cm³/mol. The lowest BCUT2D eigenvalue weighted by Gasteiger charge is -2.39. The smallest absolute Gasteiger partial charge is 0.408 e. The number of aromatic amines is 1. The van der Waals surface area contributed by atoms with E-state index in [0.29, 0.717) is 0 Å². The molecule has 1 heterocycles. The molecule has 3 N–H and O–H groups in total. The number of para-hydroxylation sites is 1. The summed E-state index contributed by atoms with van der Waals surface area (Å²) in [6.07, 6.45) is 0.944. The average molecular weight is 470 g/mol. The first-order valence-corrected chi connectivity index (χ1v) is 11.7. The molecule has 0 saturated heterocycles. The highest BCUT2D eigenvalue weighted by molar-refractivity contribution is 5.91. The first-order valence-electron chi connectivity index (χ1n) is 11.7. The highest BCUT2D eigenvalue weighted by Gasteiger charge is 2.43. The zero-order valence-electron chi connectivity index (χ0n) is 20.3. The van der Waals surface area contributed by atoms with Crippen molar-refractivity contribution >= 4 is 22.9 Å². The van der Waals surface area contributed by atoms with Gasteiger partial charge in [-0.3, -0.25) is 9.69 Å². The van der Waals surface area contributed by atoms with Crippen LogP contribution in [0.25, 0.3) is 10.9 Å². The van der Waals surface area contributed by atoms with Crippen LogP contribution < -0.4 is 5.32 Å². The molecule has 0 aliphatic heterocycles. The lowest BCUT2D eigenvalue weighted by Crippen LogP contribution is -2.59. The summed E-state index contributed by atoms with van der Waals surface area (Å²) in [5.41, 5.74) is 3.40. The van der Waals surface area contributed by atoms with E-state index in [-0.39, 0.29) is 24.9 Å². The molecule has 3 aromatic carbocycles. The number of carboxylic acid groups (broad SMARTS) is 1. The number of carbonyl (C=O) groups excluding carboxylic acids is 1. The Balaban J connectivity index is 1.71. The summed E-state index contributed by atoms with van der Waals surface area (Å²) in [5.74, 6) is -0.339. The van der Waals surface area contributed by atoms with Gasteiger partial charge in [0.05, 0.1) is 12.6 Å². The van der Waals surface area contributed by atoms with Crippen LogP contribution in [0.15, 0.2) is 85.1 Å². The van der Waals surface area contributed by atoms with E-state index in [4.69, 9.17) is 0 Å². The molecule has 0 aliphatic rings. The molecule has 0 fully saturated rings. The van der Waals surface area contributed by atoms with E-state index in [9.17, 15) is 14.7 Å². The van der Waals surface area contributed by atoms with Gasteiger partial charge in [0, 0.05) is 23.5 Å². The van der Waals surface area contributed by atoms with Gasteiger partial charge >= 0.3 is 6.09 Å². The third-order valence-corrected chi connectivity index (χ3v) is 6.63. The third kappa shape index (κ3) is 5.22. The number of rotatable bonds is 8. The van der Waals surface area contributed by atoms with E-state index >= 15 is 0 Å². The Labute approximate surface area is 205 Å². The van der Waals surface area contributed by atoms with E-state index < -0.39 is 11.6 Å². The second kappa shape index (κ2) is 10.1. The monoisotopic (exact) mass is 469 g/mol. The van der Waals surface area contributed by atoms with Crippen LogP contribution in [-0.2, 0) is 17.8 Å². The van der Waals surface area contributed by atoms with Crippen molar-refractivity contribution in [2.45, 2.75) is 45.3 Å². The molecule has 6 heteroatoms. The summed E-state index contributed by atoms with van der Waals surface area (Å²) >= 11 is 0. The summed E-state index contributed by atoms with van der Waals surface area (Å²) in [5, 5.41) is 14.3. The molecule has 1 aromatic heterocycles. The minimum Gasteiger partial charge on any atom is -0.465 e. The van der Waals surface area contributed by atoms with Crippen molar-refractivity contribution in [3.8, 4) is 0 Å². The molecule has 2 unspecified atom stereocenters. The van der Waals surface area contributed by atoms with E-state index in [1.807, 2.05) is 98.9 Å². The van der Waals surface area contributed by atoms with Crippen LogP contribution in [0.2, 0.25) is 0 Å². The first-order chi connectivity index (χ1) is 16.8. The molecular weight excluding hydrogens is 438 g/mol. The van der Waals surface area contributed by atoms with E-state index in [1.54, 1.807) is 6.92 Å². The van der Waals surface area contributed by atoms with Crippen LogP contribution in [0, 0.1) is 6.92 Å². The van der Waals surface area contributed by atoms with Gasteiger partial charge in [-0.15, -0.1) is 0 Å². The molecule has 180 valence electrons. The van der Waals surface area contributed by atoms with Crippen LogP contribution in [0.1, 0.15) is 42.1 Å². The van der Waals surface area contributed by atoms with Crippen molar-refractivity contribution in [2.24, 2.45) is 0 Å². The van der Waals surface area contributed by atoms with Gasteiger partial charge in [0.25, 0.3) is 0 Å². The number of amides is 2. The summed E-state index contributed by atoms with van der Waals surface area (Å²) in [7, 11) is 0. The highest BCUT2D eigenvalue weighted by Crippen LogP contribution is 2.29. The maximum atomic E-state index is 13.9. The largest absolute Gasteiger partial charge is 0.465 e. The number of hydrogen-bond donors (Lipinski definition) is 3. The molecule has 6 nitrogen and oxygen atoms in total. The van der Waals surface area contributed by atoms with Gasteiger partial charge in [0.1, 0.15) is 5.54 Å². The van der Waals surface area contributed by atoms with Crippen molar-refractivity contribution in [2.75, 3.05) is 0 Å². The van der Waals surface area contributed by atoms with Crippen molar-refractivity contribution in [1.82, 2.24) is 15.2 Å². The molecule has 0 radical (unpaired) electrons. The second-order valence-corrected chi connectivity index (χ2v) is 9.27. The van der Waals surface area contributed by atoms with Gasteiger partial charge in [-0.25, -0.2) is 4.79 Å². The average Bonchev–Trinajstić information content (AvgIpc) is 3.25. The van der Waals surface area contributed by atoms with E-state index in [2.05, 4.69) is 10.3 Å². The van der Waals surface area contributed by atoms with Gasteiger partial charge in [-0.1, -0.05) is 78.4 Å². The number of nitrogens with one attached hydrogen (secondary N) is 2. The van der Waals surface area contributed by atoms with Gasteiger partial charge in [0.15, 0.2) is 0 Å². The summed E-state index contributed by atoms with van der Waals surface area (Å²) in [6, 6.07) is 24.9. The lowest BCUT2D eigenvalue weighted by atomic mass is 9.88. The highest BCUT2D eigenvalue weighted by atomic mass is 16.4. The van der Waals surface area contributed by atoms with Crippen LogP contribution in [0.3, 0.4) is 0 Å². The third-order valence-electron chi connectivity index (χ3n) is 6.63. The topological polar surface area (TPSA) is 85.4 Å². The Kier molecular flexibility index (Phi) is 6.92. The summed E-state index contributed by atoms with van der Waals surface area (Å²) in [6.45, 7) is 5.74. The fourth-order valence-electron chi connectivity index (χ4n) is 4.46. The van der Waals surface area contributed by atoms with Gasteiger partial charge in [-0.2, -0.15) is 0 Å². The SMILES string of the molecule is Cc1ccc(C(C)NC(=O)C(C)(Cc2c[nH]c3ccccc23)N(Cc2ccccc2)C(=O)O)cc1. The minimum absolute atomic E-state index is 0.0986. The Morgan fingerprint density at radius 2 is 1.66 bits per heavy atom. The number of nitrogens with zero attached hydrogens (tertiary/aromatic N) is 1. The standard InChI is InChI=1S/C29H31N3O3/c1-20-13-15-23(16-14-20)21(2)31-27(33)29(3,17-24-18-30-26-12-8-7-11-25(24)26)32(28(34)35)19-22-9-5-4-6-10-22/h4-16,18,21,30H,17,19H2,1-3H3,(H,31,33)(H,34,35). The van der Waals surface area contributed by atoms with Crippen molar-refractivity contribution in [1.29, 1.82) is 0 Å². The molecule has 0 aliphatic carbocycles. The predicted octanol–water partition coefficient (Wildman–Crippen LogP) is 5.84. The normalized spacial score (nSPS) is 13.7. The van der Waals surface area contributed by atoms with Crippen LogP contribution in [-0.4, -0.2) is 32.5 Å². The summed E-state index contributed by atoms with van der Waals surface area (Å²) < 4.78 is 0. The van der Waals surface area contributed by atoms with Crippen molar-refractivity contribution in [3.05, 3.63) is 107 Å². The number of carbonyl (C=O) groups is 2. The van der Waals surface area contributed by atoms with Gasteiger partial charge in [0.2, 0.25) is 5.91 Å². The summed E-state index contributed by atoms with van der Waals surface area (Å²) in [4.78, 5) is 31.0. The number of aryl methyl sites for hydroxylation is 1. The number of benzene rings is 3. The van der Waals surface area contributed by atoms with Crippen molar-refractivity contribution in [3.63, 3.8) is 0 Å². The first kappa shape index (κ1) is 24.1. The molecule has 2 amide bonds. The molecule has 0 spiro atoms. The molecule has 4 aromatic rings. The molecular formula is C29H31N3O3. The number of hydrogen-bond acceptors (Lipinski definition) is 2. The molecule has 35 heavy (non-hydrogen) atoms. The van der Waals surface area contributed by atoms with Crippen LogP contribution in [0.4, 0.5) is 4.79 Å². The Morgan fingerprint density at radius 3 is 2.34 bits per heavy atom. The van der Waals surface area contributed by atoms with E-state index in [1.165, 1.54) is 4.90 Å². The molecule has 0 saturated carbocycles. The minimum atomic E-state index is -1.36. The number of H-pyrrole nitrogens is 1. The fourth-order valence-corrected chi connectivity index (χ4v) is 4.46. The lowest BCUT2D eigenvalue weighted by molar-refractivity contribution is -0.132. The maximum Gasteiger partial charge on any atom is 0.408 e. The number of aromatic nitrogens is 1. The quantitative estimate of drug-likeness (QED) is 0.303. The fraction of sp³-hybridized carbons (Fsp3) is 0.241.